The highest BCUT2D eigenvalue weighted by atomic mass is 16.5. The Balaban J connectivity index is 2.12. The number of methoxy groups -OCH3 is 2. The van der Waals surface area contributed by atoms with E-state index in [0.717, 1.165) is 18.5 Å². The van der Waals surface area contributed by atoms with Crippen LogP contribution in [0.25, 0.3) is 0 Å². The van der Waals surface area contributed by atoms with Crippen molar-refractivity contribution in [2.24, 2.45) is 0 Å². The number of ether oxygens (including phenoxy) is 2. The van der Waals surface area contributed by atoms with Crippen molar-refractivity contribution in [3.63, 3.8) is 0 Å². The molecule has 0 saturated carbocycles. The molecule has 1 aromatic carbocycles. The first-order valence-electron chi connectivity index (χ1n) is 7.37. The minimum Gasteiger partial charge on any atom is -0.493 e. The molecule has 2 aliphatic rings. The normalized spacial score (nSPS) is 31.2. The van der Waals surface area contributed by atoms with Crippen molar-refractivity contribution in [3.05, 3.63) is 35.9 Å². The Bertz CT molecular complexity index is 627. The fourth-order valence-corrected chi connectivity index (χ4v) is 3.77. The number of hydrogen-bond acceptors (Lipinski definition) is 5. The van der Waals surface area contributed by atoms with E-state index >= 15 is 0 Å². The molecule has 1 aliphatic carbocycles. The van der Waals surface area contributed by atoms with E-state index in [1.54, 1.807) is 14.2 Å². The van der Waals surface area contributed by atoms with Crippen LogP contribution in [-0.2, 0) is 10.2 Å². The van der Waals surface area contributed by atoms with Crippen molar-refractivity contribution in [2.75, 3.05) is 27.8 Å². The first-order valence-corrected chi connectivity index (χ1v) is 7.37. The Kier molecular flexibility index (Phi) is 3.70. The summed E-state index contributed by atoms with van der Waals surface area (Å²) >= 11 is 0. The Hall–Kier alpha value is -1.85. The summed E-state index contributed by atoms with van der Waals surface area (Å²) in [7, 11) is 5.15. The Labute approximate surface area is 130 Å². The summed E-state index contributed by atoms with van der Waals surface area (Å²) in [5, 5.41) is 10.4. The number of aliphatic hydroxyl groups is 1. The van der Waals surface area contributed by atoms with Gasteiger partial charge in [-0.2, -0.15) is 0 Å². The zero-order valence-corrected chi connectivity index (χ0v) is 13.1. The molecule has 1 fully saturated rings. The molecule has 3 rings (SSSR count). The summed E-state index contributed by atoms with van der Waals surface area (Å²) in [6.45, 7) is 0.827. The molecule has 5 nitrogen and oxygen atoms in total. The lowest BCUT2D eigenvalue weighted by molar-refractivity contribution is -0.126. The van der Waals surface area contributed by atoms with Gasteiger partial charge in [-0.25, -0.2) is 0 Å². The predicted molar refractivity (Wildman–Crippen MR) is 82.4 cm³/mol. The quantitative estimate of drug-likeness (QED) is 0.907. The number of carbonyl (C=O) groups is 1. The number of carbonyl (C=O) groups excluding carboxylic acids is 1. The number of hydrogen-bond donors (Lipinski definition) is 1. The molecular formula is C17H21NO4. The molecule has 0 aromatic heterocycles. The molecule has 1 heterocycles. The zero-order valence-electron chi connectivity index (χ0n) is 13.1. The van der Waals surface area contributed by atoms with Crippen molar-refractivity contribution in [1.82, 2.24) is 4.90 Å². The first kappa shape index (κ1) is 15.1. The van der Waals surface area contributed by atoms with Crippen LogP contribution in [0.5, 0.6) is 11.5 Å². The molecule has 5 heteroatoms. The predicted octanol–water partition coefficient (Wildman–Crippen LogP) is 1.15. The first-order chi connectivity index (χ1) is 10.5. The number of likely N-dealkylation sites (N-methyl/N-ethyl adjacent to an activating group) is 1. The Morgan fingerprint density at radius 3 is 2.68 bits per heavy atom. The molecular weight excluding hydrogens is 282 g/mol. The Morgan fingerprint density at radius 1 is 1.27 bits per heavy atom. The van der Waals surface area contributed by atoms with Gasteiger partial charge >= 0.3 is 0 Å². The number of aliphatic hydroxyl groups excluding tert-OH is 1. The number of likely N-dealkylation sites (tertiary alicyclic amines) is 1. The maximum absolute atomic E-state index is 11.9. The van der Waals surface area contributed by atoms with Crippen LogP contribution < -0.4 is 9.47 Å². The molecule has 1 aliphatic heterocycles. The third-order valence-corrected chi connectivity index (χ3v) is 4.94. The molecule has 3 atom stereocenters. The Morgan fingerprint density at radius 2 is 2.00 bits per heavy atom. The van der Waals surface area contributed by atoms with Crippen molar-refractivity contribution in [2.45, 2.75) is 24.0 Å². The van der Waals surface area contributed by atoms with Gasteiger partial charge in [0.1, 0.15) is 6.10 Å². The van der Waals surface area contributed by atoms with E-state index in [-0.39, 0.29) is 17.2 Å². The van der Waals surface area contributed by atoms with Crippen LogP contribution in [-0.4, -0.2) is 55.7 Å². The maximum atomic E-state index is 11.9. The van der Waals surface area contributed by atoms with Crippen LogP contribution in [0.1, 0.15) is 12.0 Å². The third kappa shape index (κ3) is 2.04. The summed E-state index contributed by atoms with van der Waals surface area (Å²) < 4.78 is 10.7. The van der Waals surface area contributed by atoms with Gasteiger partial charge in [-0.15, -0.1) is 0 Å². The number of benzene rings is 1. The van der Waals surface area contributed by atoms with E-state index in [9.17, 15) is 9.90 Å². The minimum atomic E-state index is -0.995. The lowest BCUT2D eigenvalue weighted by Gasteiger charge is -2.40. The van der Waals surface area contributed by atoms with Crippen molar-refractivity contribution >= 4 is 5.78 Å². The minimum absolute atomic E-state index is 0.227. The van der Waals surface area contributed by atoms with Crippen LogP contribution >= 0.6 is 0 Å². The molecule has 1 saturated heterocycles. The molecule has 0 bridgehead atoms. The van der Waals surface area contributed by atoms with E-state index in [2.05, 4.69) is 4.90 Å². The summed E-state index contributed by atoms with van der Waals surface area (Å²) in [6.07, 6.45) is 3.31. The average Bonchev–Trinajstić information content (AvgIpc) is 2.89. The van der Waals surface area contributed by atoms with Gasteiger partial charge in [-0.05, 0) is 43.8 Å². The molecule has 1 aromatic rings. The van der Waals surface area contributed by atoms with Crippen LogP contribution in [0.4, 0.5) is 0 Å². The monoisotopic (exact) mass is 303 g/mol. The van der Waals surface area contributed by atoms with Crippen molar-refractivity contribution in [1.29, 1.82) is 0 Å². The second kappa shape index (κ2) is 5.41. The van der Waals surface area contributed by atoms with Gasteiger partial charge in [0.25, 0.3) is 0 Å². The molecule has 0 radical (unpaired) electrons. The summed E-state index contributed by atoms with van der Waals surface area (Å²) in [6, 6.07) is 5.55. The summed E-state index contributed by atoms with van der Waals surface area (Å²) in [5.41, 5.74) is 0.657. The number of fused-ring (bicyclic) bond motifs is 1. The molecule has 118 valence electrons. The number of rotatable bonds is 3. The number of nitrogens with zero attached hydrogens (tertiary/aromatic N) is 1. The molecule has 22 heavy (non-hydrogen) atoms. The SMILES string of the molecule is COc1ccc([C@@]23C=CC(=O)C(O)C2N(C)CC3)cc1OC. The van der Waals surface area contributed by atoms with E-state index in [0.29, 0.717) is 11.5 Å². The van der Waals surface area contributed by atoms with E-state index in [4.69, 9.17) is 9.47 Å². The fourth-order valence-electron chi connectivity index (χ4n) is 3.77. The van der Waals surface area contributed by atoms with E-state index in [1.807, 2.05) is 31.3 Å². The standard InChI is InChI=1S/C17H21NO4/c1-18-9-8-17(7-6-12(19)15(20)16(17)18)11-4-5-13(21-2)14(10-11)22-3/h4-7,10,15-16,20H,8-9H2,1-3H3/t15?,16?,17-/m0/s1. The van der Waals surface area contributed by atoms with Gasteiger partial charge in [-0.1, -0.05) is 12.1 Å². The van der Waals surface area contributed by atoms with Crippen molar-refractivity contribution < 1.29 is 19.4 Å². The molecule has 1 N–H and O–H groups in total. The van der Waals surface area contributed by atoms with Gasteiger partial charge in [0.15, 0.2) is 17.3 Å². The highest BCUT2D eigenvalue weighted by Crippen LogP contribution is 2.46. The molecule has 0 amide bonds. The fraction of sp³-hybridized carbons (Fsp3) is 0.471. The zero-order chi connectivity index (χ0) is 15.9. The van der Waals surface area contributed by atoms with E-state index in [1.165, 1.54) is 6.08 Å². The maximum Gasteiger partial charge on any atom is 0.185 e. The second-order valence-electron chi connectivity index (χ2n) is 5.97. The van der Waals surface area contributed by atoms with Crippen LogP contribution in [0.2, 0.25) is 0 Å². The van der Waals surface area contributed by atoms with Gasteiger partial charge in [0.05, 0.1) is 20.3 Å². The average molecular weight is 303 g/mol. The van der Waals surface area contributed by atoms with Crippen LogP contribution in [0, 0.1) is 0 Å². The highest BCUT2D eigenvalue weighted by molar-refractivity contribution is 5.96. The summed E-state index contributed by atoms with van der Waals surface area (Å²) in [4.78, 5) is 13.9. The van der Waals surface area contributed by atoms with Gasteiger partial charge < -0.3 is 14.6 Å². The molecule has 0 spiro atoms. The van der Waals surface area contributed by atoms with E-state index < -0.39 is 6.10 Å². The lowest BCUT2D eigenvalue weighted by Crippen LogP contribution is -2.53. The summed E-state index contributed by atoms with van der Waals surface area (Å²) in [5.74, 6) is 1.10. The molecule has 2 unspecified atom stereocenters. The van der Waals surface area contributed by atoms with Crippen LogP contribution in [0.15, 0.2) is 30.4 Å². The second-order valence-corrected chi connectivity index (χ2v) is 5.97. The smallest absolute Gasteiger partial charge is 0.185 e. The topological polar surface area (TPSA) is 59.0 Å². The van der Waals surface area contributed by atoms with Crippen molar-refractivity contribution in [3.8, 4) is 11.5 Å². The van der Waals surface area contributed by atoms with Gasteiger partial charge in [-0.3, -0.25) is 9.69 Å². The van der Waals surface area contributed by atoms with Crippen LogP contribution in [0.3, 0.4) is 0 Å². The number of ketones is 1. The van der Waals surface area contributed by atoms with Gasteiger partial charge in [0, 0.05) is 5.41 Å². The lowest BCUT2D eigenvalue weighted by atomic mass is 9.68. The largest absolute Gasteiger partial charge is 0.493 e. The highest BCUT2D eigenvalue weighted by Gasteiger charge is 2.52. The van der Waals surface area contributed by atoms with Gasteiger partial charge in [0.2, 0.25) is 0 Å². The third-order valence-electron chi connectivity index (χ3n) is 4.94.